The van der Waals surface area contributed by atoms with Gasteiger partial charge in [0.05, 0.1) is 6.21 Å². The number of benzene rings is 2. The molecule has 7 heteroatoms. The number of nitrogens with zero attached hydrogens (tertiary/aromatic N) is 1. The Morgan fingerprint density at radius 1 is 1.23 bits per heavy atom. The van der Waals surface area contributed by atoms with Gasteiger partial charge in [0.1, 0.15) is 5.75 Å². The van der Waals surface area contributed by atoms with Crippen molar-refractivity contribution in [1.29, 1.82) is 0 Å². The van der Waals surface area contributed by atoms with Crippen LogP contribution < -0.4 is 19.6 Å². The molecule has 1 amide bonds. The van der Waals surface area contributed by atoms with E-state index >= 15 is 0 Å². The van der Waals surface area contributed by atoms with Crippen molar-refractivity contribution in [2.75, 3.05) is 6.79 Å². The molecule has 1 heterocycles. The Bertz CT molecular complexity index is 865. The van der Waals surface area contributed by atoms with Gasteiger partial charge in [0.25, 0.3) is 5.91 Å². The first-order valence-corrected chi connectivity index (χ1v) is 8.41. The van der Waals surface area contributed by atoms with Gasteiger partial charge in [-0.05, 0) is 68.3 Å². The molecule has 0 aromatic heterocycles. The zero-order chi connectivity index (χ0) is 18.7. The molecule has 0 spiro atoms. The fourth-order valence-corrected chi connectivity index (χ4v) is 2.43. The summed E-state index contributed by atoms with van der Waals surface area (Å²) in [5, 5.41) is 4.63. The SMILES string of the molecule is Cc1cc(OC(C)(C)C(=O)N/N=C/c2ccc3c(c2)OCO3)ccc1Cl. The molecular formula is C19H19ClN2O4. The Balaban J connectivity index is 1.61. The maximum Gasteiger partial charge on any atom is 0.283 e. The fourth-order valence-electron chi connectivity index (χ4n) is 2.32. The molecule has 6 nitrogen and oxygen atoms in total. The van der Waals surface area contributed by atoms with Gasteiger partial charge in [-0.3, -0.25) is 4.79 Å². The van der Waals surface area contributed by atoms with E-state index in [2.05, 4.69) is 10.5 Å². The third-order valence-corrected chi connectivity index (χ3v) is 4.25. The number of halogens is 1. The molecule has 0 aliphatic carbocycles. The van der Waals surface area contributed by atoms with Crippen LogP contribution in [-0.4, -0.2) is 24.5 Å². The van der Waals surface area contributed by atoms with Crippen molar-refractivity contribution in [3.8, 4) is 17.2 Å². The molecule has 0 fully saturated rings. The third-order valence-electron chi connectivity index (χ3n) is 3.83. The number of nitrogens with one attached hydrogen (secondary N) is 1. The normalized spacial score (nSPS) is 13.1. The minimum Gasteiger partial charge on any atom is -0.478 e. The molecule has 0 atom stereocenters. The molecule has 136 valence electrons. The molecule has 0 saturated heterocycles. The molecule has 26 heavy (non-hydrogen) atoms. The van der Waals surface area contributed by atoms with Crippen LogP contribution in [0.2, 0.25) is 5.02 Å². The molecule has 2 aromatic carbocycles. The van der Waals surface area contributed by atoms with Crippen LogP contribution in [0.4, 0.5) is 0 Å². The number of ether oxygens (including phenoxy) is 3. The first-order chi connectivity index (χ1) is 12.3. The van der Waals surface area contributed by atoms with Gasteiger partial charge in [0, 0.05) is 5.02 Å². The van der Waals surface area contributed by atoms with Crippen LogP contribution in [0.1, 0.15) is 25.0 Å². The quantitative estimate of drug-likeness (QED) is 0.640. The highest BCUT2D eigenvalue weighted by Crippen LogP contribution is 2.32. The fraction of sp³-hybridized carbons (Fsp3) is 0.263. The van der Waals surface area contributed by atoms with E-state index in [1.807, 2.05) is 13.0 Å². The van der Waals surface area contributed by atoms with Gasteiger partial charge in [0.2, 0.25) is 6.79 Å². The first kappa shape index (κ1) is 18.1. The number of amides is 1. The predicted octanol–water partition coefficient (Wildman–Crippen LogP) is 3.68. The lowest BCUT2D eigenvalue weighted by atomic mass is 10.1. The van der Waals surface area contributed by atoms with Crippen molar-refractivity contribution in [2.24, 2.45) is 5.10 Å². The highest BCUT2D eigenvalue weighted by atomic mass is 35.5. The monoisotopic (exact) mass is 374 g/mol. The van der Waals surface area contributed by atoms with Crippen molar-refractivity contribution >= 4 is 23.7 Å². The van der Waals surface area contributed by atoms with Crippen LogP contribution in [0.25, 0.3) is 0 Å². The van der Waals surface area contributed by atoms with E-state index in [1.165, 1.54) is 6.21 Å². The standard InChI is InChI=1S/C19H19ClN2O4/c1-12-8-14(5-6-15(12)20)26-19(2,3)18(23)22-21-10-13-4-7-16-17(9-13)25-11-24-16/h4-10H,11H2,1-3H3,(H,22,23)/b21-10+. The number of hydrazone groups is 1. The molecule has 1 aliphatic rings. The van der Waals surface area contributed by atoms with Crippen LogP contribution in [0.5, 0.6) is 17.2 Å². The number of aryl methyl sites for hydroxylation is 1. The molecule has 0 radical (unpaired) electrons. The van der Waals surface area contributed by atoms with Gasteiger partial charge in [-0.15, -0.1) is 0 Å². The van der Waals surface area contributed by atoms with E-state index in [1.54, 1.807) is 44.2 Å². The van der Waals surface area contributed by atoms with Crippen LogP contribution in [0.15, 0.2) is 41.5 Å². The zero-order valence-electron chi connectivity index (χ0n) is 14.7. The van der Waals surface area contributed by atoms with Crippen LogP contribution in [0.3, 0.4) is 0 Å². The summed E-state index contributed by atoms with van der Waals surface area (Å²) in [7, 11) is 0. The Morgan fingerprint density at radius 2 is 2.00 bits per heavy atom. The van der Waals surface area contributed by atoms with Crippen molar-refractivity contribution < 1.29 is 19.0 Å². The summed E-state index contributed by atoms with van der Waals surface area (Å²) >= 11 is 6.01. The number of hydrogen-bond acceptors (Lipinski definition) is 5. The average molecular weight is 375 g/mol. The van der Waals surface area contributed by atoms with E-state index < -0.39 is 5.60 Å². The lowest BCUT2D eigenvalue weighted by Crippen LogP contribution is -2.44. The first-order valence-electron chi connectivity index (χ1n) is 8.03. The van der Waals surface area contributed by atoms with E-state index in [-0.39, 0.29) is 12.7 Å². The molecule has 0 unspecified atom stereocenters. The molecule has 0 saturated carbocycles. The highest BCUT2D eigenvalue weighted by molar-refractivity contribution is 6.31. The summed E-state index contributed by atoms with van der Waals surface area (Å²) in [6, 6.07) is 10.6. The molecule has 3 rings (SSSR count). The lowest BCUT2D eigenvalue weighted by molar-refractivity contribution is -0.134. The van der Waals surface area contributed by atoms with Crippen molar-refractivity contribution in [1.82, 2.24) is 5.43 Å². The van der Waals surface area contributed by atoms with Crippen LogP contribution in [0, 0.1) is 6.92 Å². The maximum absolute atomic E-state index is 12.4. The van der Waals surface area contributed by atoms with E-state index in [0.29, 0.717) is 22.3 Å². The number of hydrogen-bond donors (Lipinski definition) is 1. The van der Waals surface area contributed by atoms with Gasteiger partial charge in [0.15, 0.2) is 17.1 Å². The van der Waals surface area contributed by atoms with Crippen LogP contribution >= 0.6 is 11.6 Å². The largest absolute Gasteiger partial charge is 0.478 e. The smallest absolute Gasteiger partial charge is 0.283 e. The average Bonchev–Trinajstić information content (AvgIpc) is 3.05. The summed E-state index contributed by atoms with van der Waals surface area (Å²) in [4.78, 5) is 12.4. The molecular weight excluding hydrogens is 356 g/mol. The van der Waals surface area contributed by atoms with E-state index in [0.717, 1.165) is 11.1 Å². The van der Waals surface area contributed by atoms with Gasteiger partial charge < -0.3 is 14.2 Å². The van der Waals surface area contributed by atoms with Crippen LogP contribution in [-0.2, 0) is 4.79 Å². The maximum atomic E-state index is 12.4. The number of rotatable bonds is 5. The number of carbonyl (C=O) groups is 1. The van der Waals surface area contributed by atoms with Gasteiger partial charge in [-0.1, -0.05) is 11.6 Å². The Hall–Kier alpha value is -2.73. The van der Waals surface area contributed by atoms with Gasteiger partial charge >= 0.3 is 0 Å². The molecule has 1 N–H and O–H groups in total. The van der Waals surface area contributed by atoms with Crippen molar-refractivity contribution in [3.05, 3.63) is 52.5 Å². The summed E-state index contributed by atoms with van der Waals surface area (Å²) in [6.45, 7) is 5.42. The topological polar surface area (TPSA) is 69.2 Å². The molecule has 2 aromatic rings. The molecule has 0 bridgehead atoms. The second-order valence-corrected chi connectivity index (χ2v) is 6.74. The summed E-state index contributed by atoms with van der Waals surface area (Å²) < 4.78 is 16.3. The zero-order valence-corrected chi connectivity index (χ0v) is 15.5. The van der Waals surface area contributed by atoms with E-state index in [9.17, 15) is 4.79 Å². The summed E-state index contributed by atoms with van der Waals surface area (Å²) in [6.07, 6.45) is 1.53. The second kappa shape index (κ2) is 7.25. The Morgan fingerprint density at radius 3 is 2.77 bits per heavy atom. The Kier molecular flexibility index (Phi) is 5.04. The number of carbonyl (C=O) groups excluding carboxylic acids is 1. The predicted molar refractivity (Wildman–Crippen MR) is 99.2 cm³/mol. The summed E-state index contributed by atoms with van der Waals surface area (Å²) in [5.41, 5.74) is 3.04. The highest BCUT2D eigenvalue weighted by Gasteiger charge is 2.30. The van der Waals surface area contributed by atoms with E-state index in [4.69, 9.17) is 25.8 Å². The number of fused-ring (bicyclic) bond motifs is 1. The van der Waals surface area contributed by atoms with Gasteiger partial charge in [-0.2, -0.15) is 5.10 Å². The lowest BCUT2D eigenvalue weighted by Gasteiger charge is -2.24. The Labute approximate surface area is 156 Å². The minimum absolute atomic E-state index is 0.211. The second-order valence-electron chi connectivity index (χ2n) is 6.34. The minimum atomic E-state index is -1.10. The molecule has 1 aliphatic heterocycles. The van der Waals surface area contributed by atoms with Crippen molar-refractivity contribution in [3.63, 3.8) is 0 Å². The van der Waals surface area contributed by atoms with Gasteiger partial charge in [-0.25, -0.2) is 5.43 Å². The van der Waals surface area contributed by atoms with Crippen molar-refractivity contribution in [2.45, 2.75) is 26.4 Å². The third kappa shape index (κ3) is 4.08. The summed E-state index contributed by atoms with van der Waals surface area (Å²) in [5.74, 6) is 1.54.